The molecule has 6 nitrogen and oxygen atoms in total. The van der Waals surface area contributed by atoms with E-state index in [9.17, 15) is 9.59 Å². The van der Waals surface area contributed by atoms with E-state index in [0.717, 1.165) is 5.56 Å². The van der Waals surface area contributed by atoms with Crippen LogP contribution in [-0.2, 0) is 4.79 Å². The van der Waals surface area contributed by atoms with Crippen molar-refractivity contribution in [2.75, 3.05) is 6.61 Å². The van der Waals surface area contributed by atoms with E-state index in [1.54, 1.807) is 30.3 Å². The molecular formula is C19H19Cl2N3O3S. The molecule has 2 amide bonds. The molecule has 0 fully saturated rings. The van der Waals surface area contributed by atoms with Gasteiger partial charge in [0.15, 0.2) is 5.11 Å². The highest BCUT2D eigenvalue weighted by atomic mass is 35.5. The maximum Gasteiger partial charge on any atom is 0.269 e. The molecule has 0 aromatic heterocycles. The number of rotatable bonds is 6. The lowest BCUT2D eigenvalue weighted by atomic mass is 10.1. The smallest absolute Gasteiger partial charge is 0.269 e. The van der Waals surface area contributed by atoms with Crippen molar-refractivity contribution in [3.63, 3.8) is 0 Å². The van der Waals surface area contributed by atoms with E-state index in [2.05, 4.69) is 16.2 Å². The third-order valence-electron chi connectivity index (χ3n) is 3.63. The number of carbonyl (C=O) groups excluding carboxylic acids is 2. The minimum atomic E-state index is -0.344. The fourth-order valence-electron chi connectivity index (χ4n) is 2.24. The van der Waals surface area contributed by atoms with Gasteiger partial charge in [0.25, 0.3) is 5.91 Å². The lowest BCUT2D eigenvalue weighted by Crippen LogP contribution is -2.48. The third kappa shape index (κ3) is 6.99. The first-order valence-electron chi connectivity index (χ1n) is 8.40. The molecular weight excluding hydrogens is 421 g/mol. The number of hydrazine groups is 1. The standard InChI is InChI=1S/C19H19Cl2N3O3S/c1-12-5-2-3-6-14(12)18(26)23-24-19(28)22-17(25)7-4-10-27-16-9-8-13(20)11-15(16)21/h2-3,5-6,8-9,11H,4,7,10H2,1H3,(H,23,26)(H2,22,24,25,28). The predicted octanol–water partition coefficient (Wildman–Crippen LogP) is 3.80. The number of carbonyl (C=O) groups is 2. The Morgan fingerprint density at radius 2 is 1.86 bits per heavy atom. The summed E-state index contributed by atoms with van der Waals surface area (Å²) in [5.74, 6) is -0.140. The highest BCUT2D eigenvalue weighted by Gasteiger charge is 2.10. The molecule has 0 aliphatic rings. The quantitative estimate of drug-likeness (QED) is 0.362. The normalized spacial score (nSPS) is 10.1. The third-order valence-corrected chi connectivity index (χ3v) is 4.37. The van der Waals surface area contributed by atoms with Gasteiger partial charge in [-0.05, 0) is 55.4 Å². The van der Waals surface area contributed by atoms with Gasteiger partial charge in [0.05, 0.1) is 11.6 Å². The lowest BCUT2D eigenvalue weighted by molar-refractivity contribution is -0.119. The molecule has 3 N–H and O–H groups in total. The number of amides is 2. The molecule has 0 radical (unpaired) electrons. The zero-order valence-electron chi connectivity index (χ0n) is 15.1. The number of halogens is 2. The number of hydrogen-bond acceptors (Lipinski definition) is 4. The van der Waals surface area contributed by atoms with Crippen LogP contribution in [0.25, 0.3) is 0 Å². The second-order valence-corrected chi connectivity index (χ2v) is 7.05. The van der Waals surface area contributed by atoms with Gasteiger partial charge in [-0.25, -0.2) is 0 Å². The van der Waals surface area contributed by atoms with Crippen LogP contribution < -0.4 is 20.9 Å². The average Bonchev–Trinajstić information content (AvgIpc) is 2.65. The maximum absolute atomic E-state index is 12.1. The maximum atomic E-state index is 12.1. The number of nitrogens with one attached hydrogen (secondary N) is 3. The van der Waals surface area contributed by atoms with Crippen molar-refractivity contribution in [3.05, 3.63) is 63.6 Å². The van der Waals surface area contributed by atoms with Gasteiger partial charge in [-0.3, -0.25) is 20.4 Å². The molecule has 9 heteroatoms. The first-order valence-corrected chi connectivity index (χ1v) is 9.57. The highest BCUT2D eigenvalue weighted by molar-refractivity contribution is 7.80. The van der Waals surface area contributed by atoms with Crippen LogP contribution in [0, 0.1) is 6.92 Å². The average molecular weight is 440 g/mol. The summed E-state index contributed by atoms with van der Waals surface area (Å²) in [5, 5.41) is 3.42. The number of thiocarbonyl (C=S) groups is 1. The van der Waals surface area contributed by atoms with Crippen molar-refractivity contribution in [1.29, 1.82) is 0 Å². The zero-order valence-corrected chi connectivity index (χ0v) is 17.4. The lowest BCUT2D eigenvalue weighted by Gasteiger charge is -2.12. The molecule has 0 aliphatic carbocycles. The van der Waals surface area contributed by atoms with E-state index >= 15 is 0 Å². The molecule has 0 bridgehead atoms. The highest BCUT2D eigenvalue weighted by Crippen LogP contribution is 2.27. The Labute approximate surface area is 178 Å². The minimum Gasteiger partial charge on any atom is -0.492 e. The van der Waals surface area contributed by atoms with E-state index < -0.39 is 0 Å². The van der Waals surface area contributed by atoms with Crippen LogP contribution in [0.3, 0.4) is 0 Å². The van der Waals surface area contributed by atoms with E-state index in [1.165, 1.54) is 0 Å². The molecule has 0 saturated heterocycles. The summed E-state index contributed by atoms with van der Waals surface area (Å²) in [6, 6.07) is 12.1. The van der Waals surface area contributed by atoms with Gasteiger partial charge in [0.2, 0.25) is 5.91 Å². The van der Waals surface area contributed by atoms with Gasteiger partial charge in [0, 0.05) is 17.0 Å². The topological polar surface area (TPSA) is 79.5 Å². The molecule has 0 heterocycles. The molecule has 0 spiro atoms. The Hall–Kier alpha value is -2.35. The van der Waals surface area contributed by atoms with Crippen molar-refractivity contribution in [3.8, 4) is 5.75 Å². The first kappa shape index (κ1) is 21.9. The predicted molar refractivity (Wildman–Crippen MR) is 114 cm³/mol. The minimum absolute atomic E-state index is 0.00796. The Kier molecular flexibility index (Phi) is 8.50. The fourth-order valence-corrected chi connectivity index (χ4v) is 2.86. The van der Waals surface area contributed by atoms with Gasteiger partial charge >= 0.3 is 0 Å². The van der Waals surface area contributed by atoms with Crippen LogP contribution in [0.2, 0.25) is 10.0 Å². The summed E-state index contributed by atoms with van der Waals surface area (Å²) < 4.78 is 5.51. The van der Waals surface area contributed by atoms with Crippen LogP contribution in [0.15, 0.2) is 42.5 Å². The van der Waals surface area contributed by atoms with Crippen molar-refractivity contribution >= 4 is 52.3 Å². The molecule has 2 rings (SSSR count). The van der Waals surface area contributed by atoms with Crippen molar-refractivity contribution in [1.82, 2.24) is 16.2 Å². The fraction of sp³-hybridized carbons (Fsp3) is 0.211. The Morgan fingerprint density at radius 3 is 2.57 bits per heavy atom. The van der Waals surface area contributed by atoms with E-state index in [0.29, 0.717) is 34.4 Å². The van der Waals surface area contributed by atoms with E-state index in [4.69, 9.17) is 40.2 Å². The molecule has 0 aliphatic heterocycles. The number of ether oxygens (including phenoxy) is 1. The molecule has 0 unspecified atom stereocenters. The number of benzene rings is 2. The van der Waals surface area contributed by atoms with Gasteiger partial charge in [-0.15, -0.1) is 0 Å². The summed E-state index contributed by atoms with van der Waals surface area (Å²) >= 11 is 16.8. The monoisotopic (exact) mass is 439 g/mol. The molecule has 28 heavy (non-hydrogen) atoms. The largest absolute Gasteiger partial charge is 0.492 e. The van der Waals surface area contributed by atoms with Crippen molar-refractivity contribution in [2.24, 2.45) is 0 Å². The number of hydrogen-bond donors (Lipinski definition) is 3. The van der Waals surface area contributed by atoms with Crippen LogP contribution in [-0.4, -0.2) is 23.5 Å². The van der Waals surface area contributed by atoms with E-state index in [-0.39, 0.29) is 23.3 Å². The molecule has 0 saturated carbocycles. The summed E-state index contributed by atoms with van der Waals surface area (Å²) in [6.45, 7) is 2.13. The SMILES string of the molecule is Cc1ccccc1C(=O)NNC(=S)NC(=O)CCCOc1ccc(Cl)cc1Cl. The summed E-state index contributed by atoms with van der Waals surface area (Å²) in [4.78, 5) is 24.0. The molecule has 2 aromatic carbocycles. The second-order valence-electron chi connectivity index (χ2n) is 5.80. The van der Waals surface area contributed by atoms with Crippen molar-refractivity contribution < 1.29 is 14.3 Å². The summed E-state index contributed by atoms with van der Waals surface area (Å²) in [7, 11) is 0. The second kappa shape index (κ2) is 10.8. The van der Waals surface area contributed by atoms with Crippen LogP contribution in [0.4, 0.5) is 0 Å². The van der Waals surface area contributed by atoms with Gasteiger partial charge in [-0.2, -0.15) is 0 Å². The number of aryl methyl sites for hydroxylation is 1. The molecule has 0 atom stereocenters. The summed E-state index contributed by atoms with van der Waals surface area (Å²) in [6.07, 6.45) is 0.655. The Morgan fingerprint density at radius 1 is 1.11 bits per heavy atom. The van der Waals surface area contributed by atoms with E-state index in [1.807, 2.05) is 19.1 Å². The Balaban J connectivity index is 1.66. The molecule has 148 valence electrons. The first-order chi connectivity index (χ1) is 13.4. The molecule has 2 aromatic rings. The van der Waals surface area contributed by atoms with Crippen molar-refractivity contribution in [2.45, 2.75) is 19.8 Å². The van der Waals surface area contributed by atoms with Crippen LogP contribution in [0.5, 0.6) is 5.75 Å². The van der Waals surface area contributed by atoms with Crippen LogP contribution in [0.1, 0.15) is 28.8 Å². The van der Waals surface area contributed by atoms with Gasteiger partial charge in [0.1, 0.15) is 5.75 Å². The van der Waals surface area contributed by atoms with Crippen LogP contribution >= 0.6 is 35.4 Å². The Bertz CT molecular complexity index is 877. The van der Waals surface area contributed by atoms with Gasteiger partial charge < -0.3 is 10.1 Å². The van der Waals surface area contributed by atoms with Gasteiger partial charge in [-0.1, -0.05) is 41.4 Å². The summed E-state index contributed by atoms with van der Waals surface area (Å²) in [5.41, 5.74) is 6.30. The zero-order chi connectivity index (χ0) is 20.5.